The van der Waals surface area contributed by atoms with Gasteiger partial charge in [-0.1, -0.05) is 0 Å². The van der Waals surface area contributed by atoms with Gasteiger partial charge >= 0.3 is 6.09 Å². The number of carbonyl (C=O) groups is 1. The maximum absolute atomic E-state index is 11.8. The minimum Gasteiger partial charge on any atom is -0.449 e. The van der Waals surface area contributed by atoms with Gasteiger partial charge in [-0.3, -0.25) is 14.8 Å². The molecule has 0 saturated heterocycles. The van der Waals surface area contributed by atoms with E-state index in [1.165, 1.54) is 36.0 Å². The highest BCUT2D eigenvalue weighted by molar-refractivity contribution is 8.11. The number of nitro benzene ring substituents is 1. The topological polar surface area (TPSA) is 81.9 Å². The Bertz CT molecular complexity index is 576. The molecule has 0 aromatic heterocycles. The Morgan fingerprint density at radius 2 is 1.90 bits per heavy atom. The molecule has 0 aliphatic rings. The lowest BCUT2D eigenvalue weighted by molar-refractivity contribution is -0.384. The highest BCUT2D eigenvalue weighted by Crippen LogP contribution is 2.47. The predicted molar refractivity (Wildman–Crippen MR) is 83.3 cm³/mol. The molecule has 1 unspecified atom stereocenters. The lowest BCUT2D eigenvalue weighted by atomic mass is 10.3. The summed E-state index contributed by atoms with van der Waals surface area (Å²) >= 11 is 5.34. The van der Waals surface area contributed by atoms with Crippen LogP contribution in [0.3, 0.4) is 0 Å². The highest BCUT2D eigenvalue weighted by Gasteiger charge is 2.26. The maximum atomic E-state index is 11.8. The summed E-state index contributed by atoms with van der Waals surface area (Å²) < 4.78 is 11.9. The highest BCUT2D eigenvalue weighted by atomic mass is 32.4. The molecule has 21 heavy (non-hydrogen) atoms. The van der Waals surface area contributed by atoms with Gasteiger partial charge in [-0.15, -0.1) is 0 Å². The zero-order valence-corrected chi connectivity index (χ0v) is 13.9. The zero-order valence-electron chi connectivity index (χ0n) is 12.2. The summed E-state index contributed by atoms with van der Waals surface area (Å²) in [6.45, 7) is 5.11. The van der Waals surface area contributed by atoms with Crippen LogP contribution in [-0.4, -0.2) is 35.5 Å². The average molecular weight is 332 g/mol. The van der Waals surface area contributed by atoms with E-state index in [-0.39, 0.29) is 11.8 Å². The first-order valence-corrected chi connectivity index (χ1v) is 9.22. The second kappa shape index (κ2) is 6.87. The van der Waals surface area contributed by atoms with Crippen molar-refractivity contribution in [1.82, 2.24) is 4.67 Å². The van der Waals surface area contributed by atoms with Gasteiger partial charge in [-0.05, 0) is 37.8 Å². The van der Waals surface area contributed by atoms with Crippen molar-refractivity contribution in [2.24, 2.45) is 0 Å². The Balaban J connectivity index is 2.81. The molecule has 1 aromatic rings. The molecule has 7 nitrogen and oxygen atoms in total. The second-order valence-electron chi connectivity index (χ2n) is 4.60. The van der Waals surface area contributed by atoms with Crippen LogP contribution in [0, 0.1) is 10.1 Å². The lowest BCUT2D eigenvalue weighted by Crippen LogP contribution is -2.28. The van der Waals surface area contributed by atoms with Gasteiger partial charge in [0.15, 0.2) is 0 Å². The van der Waals surface area contributed by atoms with Gasteiger partial charge in [0.1, 0.15) is 5.75 Å². The number of non-ortho nitro benzene ring substituents is 1. The number of nitrogens with zero attached hydrogens (tertiary/aromatic N) is 2. The first kappa shape index (κ1) is 17.4. The molecule has 0 aliphatic heterocycles. The molecular formula is C12H17N2O5PS. The van der Waals surface area contributed by atoms with E-state index in [0.717, 1.165) is 0 Å². The molecule has 0 radical (unpaired) electrons. The lowest BCUT2D eigenvalue weighted by Gasteiger charge is -2.28. The van der Waals surface area contributed by atoms with E-state index < -0.39 is 17.4 Å². The van der Waals surface area contributed by atoms with Crippen LogP contribution in [0.15, 0.2) is 24.3 Å². The van der Waals surface area contributed by atoms with Gasteiger partial charge in [0, 0.05) is 25.8 Å². The number of rotatable bonds is 5. The third-order valence-corrected chi connectivity index (χ3v) is 5.23. The largest absolute Gasteiger partial charge is 0.449 e. The monoisotopic (exact) mass is 332 g/mol. The van der Waals surface area contributed by atoms with Gasteiger partial charge in [-0.2, -0.15) is 0 Å². The molecule has 1 rings (SSSR count). The summed E-state index contributed by atoms with van der Waals surface area (Å²) in [4.78, 5) is 21.9. The molecule has 0 spiro atoms. The van der Waals surface area contributed by atoms with Crippen molar-refractivity contribution >= 4 is 30.0 Å². The van der Waals surface area contributed by atoms with E-state index in [1.807, 2.05) is 0 Å². The quantitative estimate of drug-likeness (QED) is 0.467. The molecule has 1 aromatic carbocycles. The van der Waals surface area contributed by atoms with E-state index in [4.69, 9.17) is 21.1 Å². The number of nitro groups is 1. The van der Waals surface area contributed by atoms with E-state index in [1.54, 1.807) is 20.5 Å². The Morgan fingerprint density at radius 3 is 2.33 bits per heavy atom. The fraction of sp³-hybridized carbons (Fsp3) is 0.417. The van der Waals surface area contributed by atoms with Crippen LogP contribution in [0.1, 0.15) is 13.8 Å². The SMILES string of the molecule is CC(C)OC(=O)N(C)P(C)(=S)Oc1ccc([N+](=O)[O-])cc1. The summed E-state index contributed by atoms with van der Waals surface area (Å²) in [5, 5.41) is 10.6. The summed E-state index contributed by atoms with van der Waals surface area (Å²) in [6, 6.07) is 5.53. The van der Waals surface area contributed by atoms with Crippen LogP contribution in [0.25, 0.3) is 0 Å². The van der Waals surface area contributed by atoms with Crippen molar-refractivity contribution in [1.29, 1.82) is 0 Å². The number of benzene rings is 1. The van der Waals surface area contributed by atoms with Gasteiger partial charge < -0.3 is 9.26 Å². The van der Waals surface area contributed by atoms with E-state index in [2.05, 4.69) is 0 Å². The molecule has 116 valence electrons. The third kappa shape index (κ3) is 4.99. The Morgan fingerprint density at radius 1 is 1.38 bits per heavy atom. The number of hydrogen-bond donors (Lipinski definition) is 0. The second-order valence-corrected chi connectivity index (χ2v) is 9.02. The van der Waals surface area contributed by atoms with Gasteiger partial charge in [0.05, 0.1) is 11.0 Å². The van der Waals surface area contributed by atoms with E-state index in [0.29, 0.717) is 5.75 Å². The third-order valence-electron chi connectivity index (χ3n) is 2.47. The van der Waals surface area contributed by atoms with Gasteiger partial charge in [0.2, 0.25) is 6.42 Å². The number of ether oxygens (including phenoxy) is 1. The minimum atomic E-state index is -2.63. The molecule has 0 aliphatic carbocycles. The molecule has 1 atom stereocenters. The van der Waals surface area contributed by atoms with Crippen LogP contribution in [-0.2, 0) is 16.5 Å². The summed E-state index contributed by atoms with van der Waals surface area (Å²) in [7, 11) is 1.51. The van der Waals surface area contributed by atoms with Gasteiger partial charge in [0.25, 0.3) is 5.69 Å². The van der Waals surface area contributed by atoms with Crippen LogP contribution in [0.5, 0.6) is 5.75 Å². The Kier molecular flexibility index (Phi) is 5.69. The number of carbonyl (C=O) groups excluding carboxylic acids is 1. The molecule has 0 N–H and O–H groups in total. The van der Waals surface area contributed by atoms with Crippen molar-refractivity contribution < 1.29 is 19.0 Å². The minimum absolute atomic E-state index is 0.0423. The normalized spacial score (nSPS) is 13.4. The average Bonchev–Trinajstić information content (AvgIpc) is 2.37. The van der Waals surface area contributed by atoms with Gasteiger partial charge in [-0.25, -0.2) is 4.79 Å². The molecular weight excluding hydrogens is 315 g/mol. The van der Waals surface area contributed by atoms with Crippen LogP contribution in [0.4, 0.5) is 10.5 Å². The molecule has 0 saturated carbocycles. The van der Waals surface area contributed by atoms with Crippen molar-refractivity contribution in [2.75, 3.05) is 13.7 Å². The predicted octanol–water partition coefficient (Wildman–Crippen LogP) is 3.39. The van der Waals surface area contributed by atoms with Crippen molar-refractivity contribution in [3.8, 4) is 5.75 Å². The molecule has 0 fully saturated rings. The van der Waals surface area contributed by atoms with Crippen molar-refractivity contribution in [2.45, 2.75) is 20.0 Å². The van der Waals surface area contributed by atoms with Crippen LogP contribution >= 0.6 is 6.42 Å². The van der Waals surface area contributed by atoms with E-state index >= 15 is 0 Å². The first-order chi connectivity index (χ1) is 9.63. The van der Waals surface area contributed by atoms with Crippen LogP contribution < -0.4 is 4.52 Å². The first-order valence-electron chi connectivity index (χ1n) is 6.10. The summed E-state index contributed by atoms with van der Waals surface area (Å²) in [5.41, 5.74) is -0.0423. The Labute approximate surface area is 128 Å². The summed E-state index contributed by atoms with van der Waals surface area (Å²) in [6.07, 6.45) is -3.45. The number of amides is 1. The van der Waals surface area contributed by atoms with Crippen LogP contribution in [0.2, 0.25) is 0 Å². The smallest absolute Gasteiger partial charge is 0.416 e. The fourth-order valence-electron chi connectivity index (χ4n) is 1.31. The zero-order chi connectivity index (χ0) is 16.2. The van der Waals surface area contributed by atoms with E-state index in [9.17, 15) is 14.9 Å². The molecule has 1 amide bonds. The maximum Gasteiger partial charge on any atom is 0.416 e. The van der Waals surface area contributed by atoms with Crippen molar-refractivity contribution in [3.05, 3.63) is 34.4 Å². The van der Waals surface area contributed by atoms with Crippen molar-refractivity contribution in [3.63, 3.8) is 0 Å². The number of hydrogen-bond acceptors (Lipinski definition) is 6. The standard InChI is InChI=1S/C12H17N2O5PS/c1-9(2)18-12(15)13(3)20(4,21)19-11-7-5-10(6-8-11)14(16)17/h5-9H,1-4H3. The Hall–Kier alpha value is -1.66. The molecule has 0 bridgehead atoms. The molecule has 9 heteroatoms. The summed E-state index contributed by atoms with van der Waals surface area (Å²) in [5.74, 6) is 0.371. The molecule has 0 heterocycles. The fourth-order valence-corrected chi connectivity index (χ4v) is 2.75.